The predicted molar refractivity (Wildman–Crippen MR) is 76.4 cm³/mol. The Morgan fingerprint density at radius 1 is 1.17 bits per heavy atom. The number of allylic oxidation sites excluding steroid dienone is 1. The Hall–Kier alpha value is -0.830. The van der Waals surface area contributed by atoms with Gasteiger partial charge in [0.05, 0.1) is 12.6 Å². The quantitative estimate of drug-likeness (QED) is 0.440. The maximum atomic E-state index is 11.4. The normalized spacial score (nSPS) is 12.8. The first-order valence-electron chi connectivity index (χ1n) is 7.32. The van der Waals surface area contributed by atoms with Gasteiger partial charge in [0.15, 0.2) is 0 Å². The van der Waals surface area contributed by atoms with E-state index in [1.807, 2.05) is 13.0 Å². The molecule has 3 nitrogen and oxygen atoms in total. The molecular weight excluding hydrogens is 226 g/mol. The third kappa shape index (κ3) is 10.3. The minimum atomic E-state index is -0.115. The molecule has 0 saturated carbocycles. The zero-order chi connectivity index (χ0) is 13.6. The molecule has 18 heavy (non-hydrogen) atoms. The van der Waals surface area contributed by atoms with Crippen LogP contribution in [-0.4, -0.2) is 23.7 Å². The molecule has 3 heteroatoms. The van der Waals surface area contributed by atoms with E-state index in [1.54, 1.807) is 6.08 Å². The zero-order valence-electron chi connectivity index (χ0n) is 12.0. The lowest BCUT2D eigenvalue weighted by Crippen LogP contribution is -2.35. The predicted octanol–water partition coefficient (Wildman–Crippen LogP) is 3.18. The van der Waals surface area contributed by atoms with E-state index in [1.165, 1.54) is 32.1 Å². The zero-order valence-corrected chi connectivity index (χ0v) is 12.0. The molecule has 0 aromatic heterocycles. The van der Waals surface area contributed by atoms with Crippen LogP contribution in [0.4, 0.5) is 0 Å². The van der Waals surface area contributed by atoms with Crippen molar-refractivity contribution in [2.75, 3.05) is 6.61 Å². The Morgan fingerprint density at radius 2 is 1.83 bits per heavy atom. The number of aliphatic hydroxyl groups excluding tert-OH is 1. The lowest BCUT2D eigenvalue weighted by Gasteiger charge is -2.11. The smallest absolute Gasteiger partial charge is 0.243 e. The van der Waals surface area contributed by atoms with Crippen LogP contribution < -0.4 is 5.32 Å². The third-order valence-electron chi connectivity index (χ3n) is 3.05. The fraction of sp³-hybridized carbons (Fsp3) is 0.800. The summed E-state index contributed by atoms with van der Waals surface area (Å²) in [6, 6.07) is -0.115. The van der Waals surface area contributed by atoms with Gasteiger partial charge in [-0.15, -0.1) is 0 Å². The first-order chi connectivity index (χ1) is 8.74. The Morgan fingerprint density at radius 3 is 2.44 bits per heavy atom. The van der Waals surface area contributed by atoms with Crippen LogP contribution in [0.1, 0.15) is 65.2 Å². The molecule has 0 saturated heterocycles. The average Bonchev–Trinajstić information content (AvgIpc) is 2.39. The van der Waals surface area contributed by atoms with Crippen LogP contribution in [0.5, 0.6) is 0 Å². The molecular formula is C15H29NO2. The monoisotopic (exact) mass is 255 g/mol. The molecule has 1 atom stereocenters. The average molecular weight is 255 g/mol. The summed E-state index contributed by atoms with van der Waals surface area (Å²) in [6.07, 6.45) is 12.9. The van der Waals surface area contributed by atoms with E-state index >= 15 is 0 Å². The lowest BCUT2D eigenvalue weighted by atomic mass is 10.1. The number of aliphatic hydroxyl groups is 1. The van der Waals surface area contributed by atoms with Crippen LogP contribution in [-0.2, 0) is 4.79 Å². The van der Waals surface area contributed by atoms with Crippen LogP contribution in [0.25, 0.3) is 0 Å². The van der Waals surface area contributed by atoms with Gasteiger partial charge in [-0.05, 0) is 25.3 Å². The Bertz CT molecular complexity index is 223. The van der Waals surface area contributed by atoms with Crippen molar-refractivity contribution in [2.24, 2.45) is 0 Å². The van der Waals surface area contributed by atoms with Crippen LogP contribution in [0.3, 0.4) is 0 Å². The largest absolute Gasteiger partial charge is 0.394 e. The van der Waals surface area contributed by atoms with Crippen molar-refractivity contribution in [3.63, 3.8) is 0 Å². The topological polar surface area (TPSA) is 49.3 Å². The Kier molecular flexibility index (Phi) is 12.0. The van der Waals surface area contributed by atoms with Gasteiger partial charge in [-0.3, -0.25) is 4.79 Å². The van der Waals surface area contributed by atoms with Crippen LogP contribution in [0.2, 0.25) is 0 Å². The van der Waals surface area contributed by atoms with Crippen molar-refractivity contribution >= 4 is 5.91 Å². The highest BCUT2D eigenvalue weighted by Gasteiger charge is 2.05. The number of hydrogen-bond acceptors (Lipinski definition) is 2. The maximum absolute atomic E-state index is 11.4. The van der Waals surface area contributed by atoms with Gasteiger partial charge in [0, 0.05) is 0 Å². The molecule has 0 aromatic carbocycles. The fourth-order valence-corrected chi connectivity index (χ4v) is 1.76. The molecule has 1 amide bonds. The molecule has 0 aliphatic carbocycles. The molecule has 0 aromatic rings. The second kappa shape index (κ2) is 12.6. The van der Waals surface area contributed by atoms with Gasteiger partial charge in [0.2, 0.25) is 5.91 Å². The van der Waals surface area contributed by atoms with Crippen molar-refractivity contribution in [1.82, 2.24) is 5.32 Å². The number of unbranched alkanes of at least 4 members (excludes halogenated alkanes) is 6. The van der Waals surface area contributed by atoms with E-state index in [9.17, 15) is 4.79 Å². The Labute approximate surface area is 112 Å². The summed E-state index contributed by atoms with van der Waals surface area (Å²) in [5.74, 6) is -0.0955. The summed E-state index contributed by atoms with van der Waals surface area (Å²) < 4.78 is 0. The molecule has 106 valence electrons. The number of hydrogen-bond donors (Lipinski definition) is 2. The minimum Gasteiger partial charge on any atom is -0.394 e. The van der Waals surface area contributed by atoms with Gasteiger partial charge in [-0.2, -0.15) is 0 Å². The summed E-state index contributed by atoms with van der Waals surface area (Å²) in [7, 11) is 0. The lowest BCUT2D eigenvalue weighted by molar-refractivity contribution is -0.117. The van der Waals surface area contributed by atoms with Gasteiger partial charge >= 0.3 is 0 Å². The molecule has 0 radical (unpaired) electrons. The van der Waals surface area contributed by atoms with Gasteiger partial charge in [0.1, 0.15) is 0 Å². The molecule has 0 fully saturated rings. The number of nitrogens with one attached hydrogen (secondary N) is 1. The summed E-state index contributed by atoms with van der Waals surface area (Å²) >= 11 is 0. The van der Waals surface area contributed by atoms with E-state index < -0.39 is 0 Å². The van der Waals surface area contributed by atoms with E-state index in [2.05, 4.69) is 12.2 Å². The SMILES string of the molecule is CCCCCCCC/C=C/C(=O)NC(CC)CO. The molecule has 1 unspecified atom stereocenters. The van der Waals surface area contributed by atoms with Crippen LogP contribution >= 0.6 is 0 Å². The van der Waals surface area contributed by atoms with Gasteiger partial charge in [-0.1, -0.05) is 52.0 Å². The van der Waals surface area contributed by atoms with E-state index in [0.717, 1.165) is 19.3 Å². The highest BCUT2D eigenvalue weighted by atomic mass is 16.3. The van der Waals surface area contributed by atoms with Crippen molar-refractivity contribution in [3.05, 3.63) is 12.2 Å². The number of rotatable bonds is 11. The number of amides is 1. The Balaban J connectivity index is 3.48. The van der Waals surface area contributed by atoms with Gasteiger partial charge in [-0.25, -0.2) is 0 Å². The van der Waals surface area contributed by atoms with Gasteiger partial charge < -0.3 is 10.4 Å². The second-order valence-electron chi connectivity index (χ2n) is 4.76. The summed E-state index contributed by atoms with van der Waals surface area (Å²) in [4.78, 5) is 11.4. The molecule has 2 N–H and O–H groups in total. The standard InChI is InChI=1S/C15H29NO2/c1-3-5-6-7-8-9-10-11-12-15(18)16-14(4-2)13-17/h11-12,14,17H,3-10,13H2,1-2H3,(H,16,18)/b12-11+. The maximum Gasteiger partial charge on any atom is 0.243 e. The first-order valence-corrected chi connectivity index (χ1v) is 7.32. The second-order valence-corrected chi connectivity index (χ2v) is 4.76. The summed E-state index contributed by atoms with van der Waals surface area (Å²) in [5.41, 5.74) is 0. The van der Waals surface area contributed by atoms with Crippen LogP contribution in [0, 0.1) is 0 Å². The number of carbonyl (C=O) groups is 1. The fourth-order valence-electron chi connectivity index (χ4n) is 1.76. The molecule has 0 heterocycles. The van der Waals surface area contributed by atoms with E-state index in [-0.39, 0.29) is 18.6 Å². The van der Waals surface area contributed by atoms with Crippen molar-refractivity contribution in [2.45, 2.75) is 71.3 Å². The van der Waals surface area contributed by atoms with Crippen LogP contribution in [0.15, 0.2) is 12.2 Å². The molecule has 0 bridgehead atoms. The third-order valence-corrected chi connectivity index (χ3v) is 3.05. The summed E-state index contributed by atoms with van der Waals surface area (Å²) in [6.45, 7) is 4.17. The molecule has 0 aliphatic heterocycles. The first kappa shape index (κ1) is 17.2. The summed E-state index contributed by atoms with van der Waals surface area (Å²) in [5, 5.41) is 11.7. The molecule has 0 rings (SSSR count). The number of carbonyl (C=O) groups excluding carboxylic acids is 1. The van der Waals surface area contributed by atoms with E-state index in [4.69, 9.17) is 5.11 Å². The molecule has 0 aliphatic rings. The van der Waals surface area contributed by atoms with Crippen molar-refractivity contribution in [1.29, 1.82) is 0 Å². The minimum absolute atomic E-state index is 0.00745. The van der Waals surface area contributed by atoms with E-state index in [0.29, 0.717) is 0 Å². The van der Waals surface area contributed by atoms with Crippen molar-refractivity contribution < 1.29 is 9.90 Å². The van der Waals surface area contributed by atoms with Gasteiger partial charge in [0.25, 0.3) is 0 Å². The highest BCUT2D eigenvalue weighted by molar-refractivity contribution is 5.87. The molecule has 0 spiro atoms. The van der Waals surface area contributed by atoms with Crippen molar-refractivity contribution in [3.8, 4) is 0 Å². The highest BCUT2D eigenvalue weighted by Crippen LogP contribution is 2.07.